The lowest BCUT2D eigenvalue weighted by molar-refractivity contribution is 0.213. The summed E-state index contributed by atoms with van der Waals surface area (Å²) in [5.41, 5.74) is 6.12. The van der Waals surface area contributed by atoms with Gasteiger partial charge in [0, 0.05) is 18.6 Å². The Kier molecular flexibility index (Phi) is 5.27. The summed E-state index contributed by atoms with van der Waals surface area (Å²) < 4.78 is 0. The van der Waals surface area contributed by atoms with Gasteiger partial charge in [-0.25, -0.2) is 0 Å². The molecule has 2 saturated heterocycles. The fourth-order valence-corrected chi connectivity index (χ4v) is 3.62. The van der Waals surface area contributed by atoms with E-state index in [2.05, 4.69) is 30.7 Å². The lowest BCUT2D eigenvalue weighted by atomic mass is 9.87. The number of nitrogens with two attached hydrogens (primary N) is 1. The van der Waals surface area contributed by atoms with Crippen molar-refractivity contribution in [3.63, 3.8) is 0 Å². The van der Waals surface area contributed by atoms with Crippen molar-refractivity contribution in [3.8, 4) is 0 Å². The molecule has 2 fully saturated rings. The molecule has 0 radical (unpaired) electrons. The van der Waals surface area contributed by atoms with Gasteiger partial charge >= 0.3 is 0 Å². The molecule has 0 aromatic carbocycles. The molecule has 2 unspecified atom stereocenters. The smallest absolute Gasteiger partial charge is 0.0223 e. The number of likely N-dealkylation sites (tertiary alicyclic amines) is 1. The maximum Gasteiger partial charge on any atom is 0.0223 e. The zero-order chi connectivity index (χ0) is 13.9. The summed E-state index contributed by atoms with van der Waals surface area (Å²) in [6, 6.07) is 1.69. The molecule has 19 heavy (non-hydrogen) atoms. The Morgan fingerprint density at radius 3 is 2.58 bits per heavy atom. The predicted octanol–water partition coefficient (Wildman–Crippen LogP) is 2.31. The van der Waals surface area contributed by atoms with Gasteiger partial charge < -0.3 is 10.6 Å². The van der Waals surface area contributed by atoms with Crippen LogP contribution in [-0.4, -0.2) is 55.1 Å². The van der Waals surface area contributed by atoms with Crippen LogP contribution in [0.4, 0.5) is 0 Å². The minimum Gasteiger partial charge on any atom is -0.330 e. The number of unbranched alkanes of at least 4 members (excludes halogenated alkanes) is 1. The molecule has 0 aromatic rings. The quantitative estimate of drug-likeness (QED) is 0.750. The van der Waals surface area contributed by atoms with Gasteiger partial charge in [-0.2, -0.15) is 0 Å². The van der Waals surface area contributed by atoms with Crippen molar-refractivity contribution in [2.45, 2.75) is 64.5 Å². The first-order valence-electron chi connectivity index (χ1n) is 8.16. The van der Waals surface area contributed by atoms with Gasteiger partial charge in [0.15, 0.2) is 0 Å². The van der Waals surface area contributed by atoms with Crippen LogP contribution in [0, 0.1) is 5.41 Å². The summed E-state index contributed by atoms with van der Waals surface area (Å²) in [4.78, 5) is 5.34. The van der Waals surface area contributed by atoms with Crippen LogP contribution in [0.1, 0.15) is 52.4 Å². The number of hydrogen-bond donors (Lipinski definition) is 1. The highest BCUT2D eigenvalue weighted by Gasteiger charge is 2.34. The largest absolute Gasteiger partial charge is 0.330 e. The van der Waals surface area contributed by atoms with Gasteiger partial charge in [-0.15, -0.1) is 0 Å². The third-order valence-electron chi connectivity index (χ3n) is 5.36. The van der Waals surface area contributed by atoms with Gasteiger partial charge in [0.05, 0.1) is 0 Å². The summed E-state index contributed by atoms with van der Waals surface area (Å²) in [5.74, 6) is 0. The van der Waals surface area contributed by atoms with E-state index >= 15 is 0 Å². The third kappa shape index (κ3) is 4.17. The fraction of sp³-hybridized carbons (Fsp3) is 1.00. The van der Waals surface area contributed by atoms with E-state index in [0.717, 1.165) is 18.6 Å². The van der Waals surface area contributed by atoms with E-state index in [0.29, 0.717) is 5.41 Å². The molecule has 112 valence electrons. The molecule has 2 bridgehead atoms. The van der Waals surface area contributed by atoms with Gasteiger partial charge in [-0.3, -0.25) is 4.90 Å². The summed E-state index contributed by atoms with van der Waals surface area (Å²) in [5, 5.41) is 0. The maximum absolute atomic E-state index is 5.79. The Morgan fingerprint density at radius 2 is 1.84 bits per heavy atom. The molecule has 0 spiro atoms. The van der Waals surface area contributed by atoms with Crippen LogP contribution in [-0.2, 0) is 0 Å². The first-order valence-corrected chi connectivity index (χ1v) is 8.16. The predicted molar refractivity (Wildman–Crippen MR) is 82.3 cm³/mol. The van der Waals surface area contributed by atoms with Crippen LogP contribution in [0.2, 0.25) is 0 Å². The lowest BCUT2D eigenvalue weighted by Crippen LogP contribution is -2.37. The Morgan fingerprint density at radius 1 is 1.11 bits per heavy atom. The molecule has 2 aliphatic heterocycles. The van der Waals surface area contributed by atoms with Crippen LogP contribution in [0.3, 0.4) is 0 Å². The summed E-state index contributed by atoms with van der Waals surface area (Å²) >= 11 is 0. The van der Waals surface area contributed by atoms with Crippen LogP contribution < -0.4 is 5.73 Å². The molecule has 2 rings (SSSR count). The molecule has 0 saturated carbocycles. The Hall–Kier alpha value is -0.120. The second kappa shape index (κ2) is 6.55. The lowest BCUT2D eigenvalue weighted by Gasteiger charge is -2.26. The third-order valence-corrected chi connectivity index (χ3v) is 5.36. The summed E-state index contributed by atoms with van der Waals surface area (Å²) in [6.07, 6.45) is 8.15. The average molecular weight is 267 g/mol. The molecule has 0 aromatic heterocycles. The minimum absolute atomic E-state index is 0.331. The van der Waals surface area contributed by atoms with Crippen LogP contribution in [0.5, 0.6) is 0 Å². The zero-order valence-electron chi connectivity index (χ0n) is 13.2. The number of likely N-dealkylation sites (N-methyl/N-ethyl adjacent to an activating group) is 1. The first kappa shape index (κ1) is 15.3. The van der Waals surface area contributed by atoms with E-state index < -0.39 is 0 Å². The van der Waals surface area contributed by atoms with Gasteiger partial charge in [-0.05, 0) is 64.2 Å². The SMILES string of the molecule is CN1C2CCC1CN(CCCCC(C)(C)CN)CC2. The molecular weight excluding hydrogens is 234 g/mol. The molecule has 3 heteroatoms. The molecule has 2 aliphatic rings. The monoisotopic (exact) mass is 267 g/mol. The topological polar surface area (TPSA) is 32.5 Å². The zero-order valence-corrected chi connectivity index (χ0v) is 13.2. The van der Waals surface area contributed by atoms with Crippen LogP contribution in [0.25, 0.3) is 0 Å². The maximum atomic E-state index is 5.79. The van der Waals surface area contributed by atoms with Gasteiger partial charge in [0.2, 0.25) is 0 Å². The van der Waals surface area contributed by atoms with Gasteiger partial charge in [0.25, 0.3) is 0 Å². The normalized spacial score (nSPS) is 29.7. The molecule has 2 N–H and O–H groups in total. The van der Waals surface area contributed by atoms with E-state index in [1.807, 2.05) is 0 Å². The van der Waals surface area contributed by atoms with E-state index in [-0.39, 0.29) is 0 Å². The Bertz CT molecular complexity index is 277. The van der Waals surface area contributed by atoms with E-state index in [1.165, 1.54) is 58.2 Å². The standard InChI is InChI=1S/C16H33N3/c1-16(2,13-17)9-4-5-10-19-11-8-14-6-7-15(12-19)18(14)3/h14-15H,4-13,17H2,1-3H3. The number of nitrogens with zero attached hydrogens (tertiary/aromatic N) is 2. The van der Waals surface area contributed by atoms with Gasteiger partial charge in [0.1, 0.15) is 0 Å². The summed E-state index contributed by atoms with van der Waals surface area (Å²) in [7, 11) is 2.33. The highest BCUT2D eigenvalue weighted by molar-refractivity contribution is 4.90. The van der Waals surface area contributed by atoms with E-state index in [4.69, 9.17) is 5.73 Å². The van der Waals surface area contributed by atoms with E-state index in [1.54, 1.807) is 0 Å². The van der Waals surface area contributed by atoms with Crippen molar-refractivity contribution < 1.29 is 0 Å². The average Bonchev–Trinajstić information content (AvgIpc) is 2.61. The molecule has 3 nitrogen and oxygen atoms in total. The van der Waals surface area contributed by atoms with Crippen molar-refractivity contribution in [3.05, 3.63) is 0 Å². The molecule has 0 amide bonds. The van der Waals surface area contributed by atoms with Gasteiger partial charge in [-0.1, -0.05) is 20.3 Å². The highest BCUT2D eigenvalue weighted by atomic mass is 15.3. The van der Waals surface area contributed by atoms with Crippen LogP contribution in [0.15, 0.2) is 0 Å². The Labute approximate surface area is 119 Å². The van der Waals surface area contributed by atoms with Crippen molar-refractivity contribution in [1.82, 2.24) is 9.80 Å². The second-order valence-corrected chi connectivity index (χ2v) is 7.47. The van der Waals surface area contributed by atoms with Crippen LogP contribution >= 0.6 is 0 Å². The fourth-order valence-electron chi connectivity index (χ4n) is 3.62. The van der Waals surface area contributed by atoms with Crippen molar-refractivity contribution in [1.29, 1.82) is 0 Å². The molecule has 2 atom stereocenters. The Balaban J connectivity index is 1.67. The highest BCUT2D eigenvalue weighted by Crippen LogP contribution is 2.28. The van der Waals surface area contributed by atoms with Crippen molar-refractivity contribution >= 4 is 0 Å². The second-order valence-electron chi connectivity index (χ2n) is 7.47. The number of fused-ring (bicyclic) bond motifs is 2. The van der Waals surface area contributed by atoms with Crippen molar-refractivity contribution in [2.24, 2.45) is 11.1 Å². The van der Waals surface area contributed by atoms with E-state index in [9.17, 15) is 0 Å². The minimum atomic E-state index is 0.331. The molecule has 0 aliphatic carbocycles. The summed E-state index contributed by atoms with van der Waals surface area (Å²) in [6.45, 7) is 9.28. The molecular formula is C16H33N3. The first-order chi connectivity index (χ1) is 9.02. The molecule has 2 heterocycles. The number of hydrogen-bond acceptors (Lipinski definition) is 3. The van der Waals surface area contributed by atoms with Crippen molar-refractivity contribution in [2.75, 3.05) is 33.2 Å². The number of rotatable bonds is 6.